The van der Waals surface area contributed by atoms with Crippen molar-refractivity contribution >= 4 is 11.3 Å². The molecule has 0 aromatic carbocycles. The summed E-state index contributed by atoms with van der Waals surface area (Å²) in [6.07, 6.45) is 1.06. The highest BCUT2D eigenvalue weighted by Gasteiger charge is 2.19. The van der Waals surface area contributed by atoms with Gasteiger partial charge >= 0.3 is 0 Å². The number of hydrogen-bond donors (Lipinski definition) is 1. The predicted molar refractivity (Wildman–Crippen MR) is 53.4 cm³/mol. The third-order valence-corrected chi connectivity index (χ3v) is 3.41. The van der Waals surface area contributed by atoms with E-state index in [0.29, 0.717) is 0 Å². The van der Waals surface area contributed by atoms with Crippen molar-refractivity contribution < 1.29 is 0 Å². The van der Waals surface area contributed by atoms with Gasteiger partial charge in [-0.25, -0.2) is 4.98 Å². The Bertz CT molecular complexity index is 271. The zero-order valence-corrected chi connectivity index (χ0v) is 8.96. The first kappa shape index (κ1) is 9.68. The summed E-state index contributed by atoms with van der Waals surface area (Å²) >= 11 is 1.73. The van der Waals surface area contributed by atoms with E-state index in [1.807, 2.05) is 20.8 Å². The summed E-state index contributed by atoms with van der Waals surface area (Å²) < 4.78 is 0. The molecular formula is C9H16N2S. The Hall–Kier alpha value is -0.410. The third-order valence-electron chi connectivity index (χ3n) is 1.76. The lowest BCUT2D eigenvalue weighted by Crippen LogP contribution is -2.28. The van der Waals surface area contributed by atoms with E-state index in [9.17, 15) is 0 Å². The molecule has 0 atom stereocenters. The fourth-order valence-electron chi connectivity index (χ4n) is 1.03. The zero-order valence-electron chi connectivity index (χ0n) is 8.14. The summed E-state index contributed by atoms with van der Waals surface area (Å²) in [6, 6.07) is 0. The number of nitrogens with zero attached hydrogens (tertiary/aromatic N) is 1. The molecule has 68 valence electrons. The van der Waals surface area contributed by atoms with E-state index in [2.05, 4.69) is 11.9 Å². The maximum Gasteiger partial charge on any atom is 0.112 e. The maximum absolute atomic E-state index is 5.94. The van der Waals surface area contributed by atoms with Crippen LogP contribution in [-0.2, 0) is 12.0 Å². The summed E-state index contributed by atoms with van der Waals surface area (Å²) in [5, 5.41) is 1.04. The standard InChI is InChI=1S/C9H16N2S/c1-5-7-6(2)11-8(12-7)9(3,4)10/h5,10H2,1-4H3. The van der Waals surface area contributed by atoms with Crippen molar-refractivity contribution in [1.82, 2.24) is 4.98 Å². The lowest BCUT2D eigenvalue weighted by molar-refractivity contribution is 0.549. The molecule has 3 heteroatoms. The molecule has 0 fully saturated rings. The molecule has 2 N–H and O–H groups in total. The van der Waals surface area contributed by atoms with Gasteiger partial charge < -0.3 is 5.73 Å². The summed E-state index contributed by atoms with van der Waals surface area (Å²) in [7, 11) is 0. The Labute approximate surface area is 77.8 Å². The van der Waals surface area contributed by atoms with Crippen LogP contribution < -0.4 is 5.73 Å². The van der Waals surface area contributed by atoms with Gasteiger partial charge in [0.15, 0.2) is 0 Å². The van der Waals surface area contributed by atoms with Crippen molar-refractivity contribution in [3.8, 4) is 0 Å². The van der Waals surface area contributed by atoms with Crippen LogP contribution in [0.3, 0.4) is 0 Å². The van der Waals surface area contributed by atoms with E-state index in [1.54, 1.807) is 11.3 Å². The van der Waals surface area contributed by atoms with Crippen LogP contribution in [0, 0.1) is 6.92 Å². The summed E-state index contributed by atoms with van der Waals surface area (Å²) in [6.45, 7) is 8.17. The van der Waals surface area contributed by atoms with Crippen LogP contribution in [0.5, 0.6) is 0 Å². The summed E-state index contributed by atoms with van der Waals surface area (Å²) in [5.41, 5.74) is 6.79. The van der Waals surface area contributed by atoms with Crippen LogP contribution >= 0.6 is 11.3 Å². The first-order valence-corrected chi connectivity index (χ1v) is 5.02. The number of hydrogen-bond acceptors (Lipinski definition) is 3. The van der Waals surface area contributed by atoms with Crippen molar-refractivity contribution in [3.63, 3.8) is 0 Å². The molecular weight excluding hydrogens is 168 g/mol. The van der Waals surface area contributed by atoms with Gasteiger partial charge in [0.25, 0.3) is 0 Å². The van der Waals surface area contributed by atoms with Gasteiger partial charge in [-0.3, -0.25) is 0 Å². The molecule has 0 amide bonds. The SMILES string of the molecule is CCc1sc(C(C)(C)N)nc1C. The molecule has 2 nitrogen and oxygen atoms in total. The smallest absolute Gasteiger partial charge is 0.112 e. The highest BCUT2D eigenvalue weighted by molar-refractivity contribution is 7.11. The minimum absolute atomic E-state index is 0.289. The van der Waals surface area contributed by atoms with Crippen LogP contribution in [0.15, 0.2) is 0 Å². The number of rotatable bonds is 2. The molecule has 1 aromatic rings. The monoisotopic (exact) mass is 184 g/mol. The van der Waals surface area contributed by atoms with E-state index in [4.69, 9.17) is 5.73 Å². The van der Waals surface area contributed by atoms with Crippen molar-refractivity contribution in [2.75, 3.05) is 0 Å². The lowest BCUT2D eigenvalue weighted by atomic mass is 10.1. The second-order valence-corrected chi connectivity index (χ2v) is 4.69. The predicted octanol–water partition coefficient (Wildman–Crippen LogP) is 2.21. The van der Waals surface area contributed by atoms with Gasteiger partial charge in [-0.2, -0.15) is 0 Å². The van der Waals surface area contributed by atoms with Crippen molar-refractivity contribution in [2.45, 2.75) is 39.7 Å². The lowest BCUT2D eigenvalue weighted by Gasteiger charge is -2.13. The van der Waals surface area contributed by atoms with Gasteiger partial charge in [0.1, 0.15) is 5.01 Å². The summed E-state index contributed by atoms with van der Waals surface area (Å²) in [5.74, 6) is 0. The molecule has 0 saturated heterocycles. The van der Waals surface area contributed by atoms with Crippen LogP contribution in [0.25, 0.3) is 0 Å². The van der Waals surface area contributed by atoms with Gasteiger partial charge in [-0.15, -0.1) is 11.3 Å². The molecule has 12 heavy (non-hydrogen) atoms. The van der Waals surface area contributed by atoms with Gasteiger partial charge in [0, 0.05) is 4.88 Å². The van der Waals surface area contributed by atoms with Gasteiger partial charge in [-0.05, 0) is 27.2 Å². The maximum atomic E-state index is 5.94. The molecule has 0 unspecified atom stereocenters. The molecule has 0 spiro atoms. The largest absolute Gasteiger partial charge is 0.320 e. The van der Waals surface area contributed by atoms with E-state index in [-0.39, 0.29) is 5.54 Å². The zero-order chi connectivity index (χ0) is 9.35. The van der Waals surface area contributed by atoms with Crippen molar-refractivity contribution in [2.24, 2.45) is 5.73 Å². The molecule has 1 heterocycles. The fraction of sp³-hybridized carbons (Fsp3) is 0.667. The van der Waals surface area contributed by atoms with Gasteiger partial charge in [0.05, 0.1) is 11.2 Å². The van der Waals surface area contributed by atoms with Crippen LogP contribution in [-0.4, -0.2) is 4.98 Å². The Morgan fingerprint density at radius 3 is 2.33 bits per heavy atom. The van der Waals surface area contributed by atoms with E-state index in [1.165, 1.54) is 4.88 Å². The van der Waals surface area contributed by atoms with E-state index in [0.717, 1.165) is 17.1 Å². The molecule has 0 radical (unpaired) electrons. The normalized spacial score (nSPS) is 12.1. The molecule has 0 bridgehead atoms. The third kappa shape index (κ3) is 1.84. The molecule has 1 rings (SSSR count). The molecule has 0 aliphatic carbocycles. The highest BCUT2D eigenvalue weighted by atomic mass is 32.1. The minimum atomic E-state index is -0.289. The Morgan fingerprint density at radius 1 is 1.50 bits per heavy atom. The van der Waals surface area contributed by atoms with Gasteiger partial charge in [0.2, 0.25) is 0 Å². The van der Waals surface area contributed by atoms with E-state index >= 15 is 0 Å². The molecule has 0 aliphatic rings. The Balaban J connectivity index is 3.05. The number of aromatic nitrogens is 1. The molecule has 0 saturated carbocycles. The first-order valence-electron chi connectivity index (χ1n) is 4.20. The van der Waals surface area contributed by atoms with Crippen LogP contribution in [0.2, 0.25) is 0 Å². The summed E-state index contributed by atoms with van der Waals surface area (Å²) in [4.78, 5) is 5.80. The number of nitrogens with two attached hydrogens (primary N) is 1. The Morgan fingerprint density at radius 2 is 2.08 bits per heavy atom. The van der Waals surface area contributed by atoms with Gasteiger partial charge in [-0.1, -0.05) is 6.92 Å². The van der Waals surface area contributed by atoms with Crippen molar-refractivity contribution in [1.29, 1.82) is 0 Å². The van der Waals surface area contributed by atoms with Crippen molar-refractivity contribution in [3.05, 3.63) is 15.6 Å². The quantitative estimate of drug-likeness (QED) is 0.765. The average Bonchev–Trinajstić information content (AvgIpc) is 2.29. The first-order chi connectivity index (χ1) is 5.45. The topological polar surface area (TPSA) is 38.9 Å². The van der Waals surface area contributed by atoms with Crippen LogP contribution in [0.1, 0.15) is 36.3 Å². The van der Waals surface area contributed by atoms with Crippen LogP contribution in [0.4, 0.5) is 0 Å². The Kier molecular flexibility index (Phi) is 2.54. The second kappa shape index (κ2) is 3.15. The molecule has 0 aliphatic heterocycles. The minimum Gasteiger partial charge on any atom is -0.320 e. The number of aryl methyl sites for hydroxylation is 2. The second-order valence-electron chi connectivity index (χ2n) is 3.60. The number of thiazole rings is 1. The fourth-order valence-corrected chi connectivity index (χ4v) is 2.05. The molecule has 1 aromatic heterocycles. The average molecular weight is 184 g/mol. The highest BCUT2D eigenvalue weighted by Crippen LogP contribution is 2.25. The van der Waals surface area contributed by atoms with E-state index < -0.39 is 0 Å².